The van der Waals surface area contributed by atoms with Crippen molar-refractivity contribution in [2.75, 3.05) is 14.2 Å². The molecule has 0 spiro atoms. The van der Waals surface area contributed by atoms with Crippen LogP contribution in [0.4, 0.5) is 0 Å². The van der Waals surface area contributed by atoms with Crippen LogP contribution in [0.15, 0.2) is 48.5 Å². The molecule has 0 aromatic heterocycles. The number of hydrogen-bond donors (Lipinski definition) is 1. The Kier molecular flexibility index (Phi) is 4.86. The van der Waals surface area contributed by atoms with Crippen LogP contribution in [0.2, 0.25) is 0 Å². The Morgan fingerprint density at radius 3 is 2.29 bits per heavy atom. The predicted molar refractivity (Wildman–Crippen MR) is 83.9 cm³/mol. The zero-order chi connectivity index (χ0) is 15.3. The third kappa shape index (κ3) is 3.37. The first kappa shape index (κ1) is 15.4. The third-order valence-electron chi connectivity index (χ3n) is 3.83. The van der Waals surface area contributed by atoms with E-state index in [0.717, 1.165) is 11.1 Å². The van der Waals surface area contributed by atoms with Crippen LogP contribution in [0.3, 0.4) is 0 Å². The zero-order valence-corrected chi connectivity index (χ0v) is 12.8. The molecule has 0 saturated heterocycles. The van der Waals surface area contributed by atoms with Crippen LogP contribution in [0, 0.1) is 0 Å². The maximum Gasteiger partial charge on any atom is 0.128 e. The number of ether oxygens (including phenoxy) is 2. The van der Waals surface area contributed by atoms with E-state index in [-0.39, 0.29) is 0 Å². The van der Waals surface area contributed by atoms with Crippen LogP contribution >= 0.6 is 0 Å². The average molecular weight is 286 g/mol. The van der Waals surface area contributed by atoms with Crippen LogP contribution in [0.25, 0.3) is 0 Å². The molecule has 1 atom stereocenters. The number of rotatable bonds is 6. The Hall–Kier alpha value is -2.00. The molecule has 3 nitrogen and oxygen atoms in total. The average Bonchev–Trinajstić information content (AvgIpc) is 2.55. The first-order valence-corrected chi connectivity index (χ1v) is 7.11. The molecule has 3 heteroatoms. The van der Waals surface area contributed by atoms with Crippen molar-refractivity contribution >= 4 is 0 Å². The molecular formula is C18H22O3. The Morgan fingerprint density at radius 1 is 1.00 bits per heavy atom. The van der Waals surface area contributed by atoms with Gasteiger partial charge in [0.25, 0.3) is 0 Å². The molecule has 1 N–H and O–H groups in total. The Balaban J connectivity index is 2.40. The fourth-order valence-corrected chi connectivity index (χ4v) is 2.53. The van der Waals surface area contributed by atoms with Crippen LogP contribution in [0.5, 0.6) is 11.5 Å². The van der Waals surface area contributed by atoms with E-state index in [1.165, 1.54) is 0 Å². The quantitative estimate of drug-likeness (QED) is 0.882. The van der Waals surface area contributed by atoms with Gasteiger partial charge < -0.3 is 14.6 Å². The van der Waals surface area contributed by atoms with Crippen molar-refractivity contribution < 1.29 is 14.6 Å². The number of benzene rings is 2. The lowest BCUT2D eigenvalue weighted by Crippen LogP contribution is -2.28. The number of aliphatic hydroxyl groups is 1. The van der Waals surface area contributed by atoms with Crippen LogP contribution in [-0.2, 0) is 12.0 Å². The largest absolute Gasteiger partial charge is 0.497 e. The second kappa shape index (κ2) is 6.64. The third-order valence-corrected chi connectivity index (χ3v) is 3.83. The maximum atomic E-state index is 11.1. The molecule has 112 valence electrons. The van der Waals surface area contributed by atoms with Crippen molar-refractivity contribution in [1.29, 1.82) is 0 Å². The van der Waals surface area contributed by atoms with Gasteiger partial charge in [0.1, 0.15) is 11.5 Å². The molecule has 0 bridgehead atoms. The fraction of sp³-hybridized carbons (Fsp3) is 0.333. The summed E-state index contributed by atoms with van der Waals surface area (Å²) in [6.07, 6.45) is 1.15. The van der Waals surface area contributed by atoms with E-state index < -0.39 is 5.60 Å². The maximum absolute atomic E-state index is 11.1. The van der Waals surface area contributed by atoms with Crippen LogP contribution in [-0.4, -0.2) is 19.3 Å². The lowest BCUT2D eigenvalue weighted by molar-refractivity contribution is 0.0303. The summed E-state index contributed by atoms with van der Waals surface area (Å²) in [6, 6.07) is 15.5. The highest BCUT2D eigenvalue weighted by Gasteiger charge is 2.31. The minimum absolute atomic E-state index is 0.549. The minimum atomic E-state index is -0.959. The van der Waals surface area contributed by atoms with Crippen molar-refractivity contribution in [2.45, 2.75) is 25.4 Å². The van der Waals surface area contributed by atoms with Gasteiger partial charge in [0.2, 0.25) is 0 Å². The highest BCUT2D eigenvalue weighted by molar-refractivity contribution is 5.44. The molecule has 0 aliphatic rings. The van der Waals surface area contributed by atoms with Crippen molar-refractivity contribution in [3.8, 4) is 11.5 Å². The molecule has 21 heavy (non-hydrogen) atoms. The Morgan fingerprint density at radius 2 is 1.71 bits per heavy atom. The SMILES string of the molecule is CCC(O)(Cc1ccccc1)c1ccc(OC)cc1OC. The molecule has 2 aromatic rings. The normalized spacial score (nSPS) is 13.5. The highest BCUT2D eigenvalue weighted by Crippen LogP contribution is 2.37. The van der Waals surface area contributed by atoms with Crippen LogP contribution in [0.1, 0.15) is 24.5 Å². The lowest BCUT2D eigenvalue weighted by Gasteiger charge is -2.29. The standard InChI is InChI=1S/C18H22O3/c1-4-18(19,13-14-8-6-5-7-9-14)16-11-10-15(20-2)12-17(16)21-3/h5-12,19H,4,13H2,1-3H3. The van der Waals surface area contributed by atoms with Crippen LogP contribution < -0.4 is 9.47 Å². The monoisotopic (exact) mass is 286 g/mol. The summed E-state index contributed by atoms with van der Waals surface area (Å²) in [6.45, 7) is 1.98. The van der Waals surface area contributed by atoms with E-state index in [0.29, 0.717) is 24.3 Å². The van der Waals surface area contributed by atoms with Gasteiger partial charge in [-0.05, 0) is 24.1 Å². The molecule has 0 heterocycles. The van der Waals surface area contributed by atoms with Crippen molar-refractivity contribution in [1.82, 2.24) is 0 Å². The van der Waals surface area contributed by atoms with Gasteiger partial charge in [0, 0.05) is 18.1 Å². The van der Waals surface area contributed by atoms with E-state index in [4.69, 9.17) is 9.47 Å². The van der Waals surface area contributed by atoms with Gasteiger partial charge >= 0.3 is 0 Å². The van der Waals surface area contributed by atoms with Crippen molar-refractivity contribution in [3.05, 3.63) is 59.7 Å². The van der Waals surface area contributed by atoms with Gasteiger partial charge in [0.15, 0.2) is 0 Å². The molecule has 0 fully saturated rings. The summed E-state index contributed by atoms with van der Waals surface area (Å²) < 4.78 is 10.6. The summed E-state index contributed by atoms with van der Waals surface area (Å²) in [7, 11) is 3.22. The second-order valence-corrected chi connectivity index (χ2v) is 5.11. The first-order valence-electron chi connectivity index (χ1n) is 7.11. The molecular weight excluding hydrogens is 264 g/mol. The lowest BCUT2D eigenvalue weighted by atomic mass is 9.84. The summed E-state index contributed by atoms with van der Waals surface area (Å²) in [5.41, 5.74) is 0.927. The van der Waals surface area contributed by atoms with Gasteiger partial charge in [-0.2, -0.15) is 0 Å². The second-order valence-electron chi connectivity index (χ2n) is 5.11. The van der Waals surface area contributed by atoms with E-state index in [1.54, 1.807) is 20.3 Å². The van der Waals surface area contributed by atoms with Crippen molar-refractivity contribution in [2.24, 2.45) is 0 Å². The van der Waals surface area contributed by atoms with E-state index in [9.17, 15) is 5.11 Å². The molecule has 1 unspecified atom stereocenters. The Bertz CT molecular complexity index is 580. The molecule has 0 aliphatic carbocycles. The number of hydrogen-bond acceptors (Lipinski definition) is 3. The van der Waals surface area contributed by atoms with Gasteiger partial charge in [-0.25, -0.2) is 0 Å². The Labute approximate surface area is 126 Å². The first-order chi connectivity index (χ1) is 10.1. The van der Waals surface area contributed by atoms with E-state index in [2.05, 4.69) is 0 Å². The summed E-state index contributed by atoms with van der Waals surface area (Å²) in [4.78, 5) is 0. The molecule has 0 amide bonds. The highest BCUT2D eigenvalue weighted by atomic mass is 16.5. The van der Waals surface area contributed by atoms with E-state index >= 15 is 0 Å². The van der Waals surface area contributed by atoms with Gasteiger partial charge in [0.05, 0.1) is 19.8 Å². The van der Waals surface area contributed by atoms with E-state index in [1.807, 2.05) is 49.4 Å². The van der Waals surface area contributed by atoms with Gasteiger partial charge in [-0.1, -0.05) is 37.3 Å². The molecule has 0 aliphatic heterocycles. The smallest absolute Gasteiger partial charge is 0.128 e. The summed E-state index contributed by atoms with van der Waals surface area (Å²) >= 11 is 0. The fourth-order valence-electron chi connectivity index (χ4n) is 2.53. The predicted octanol–water partition coefficient (Wildman–Crippen LogP) is 3.54. The van der Waals surface area contributed by atoms with Gasteiger partial charge in [-0.3, -0.25) is 0 Å². The molecule has 0 radical (unpaired) electrons. The zero-order valence-electron chi connectivity index (χ0n) is 12.8. The summed E-state index contributed by atoms with van der Waals surface area (Å²) in [5, 5.41) is 11.1. The molecule has 2 aromatic carbocycles. The number of methoxy groups -OCH3 is 2. The van der Waals surface area contributed by atoms with Crippen molar-refractivity contribution in [3.63, 3.8) is 0 Å². The minimum Gasteiger partial charge on any atom is -0.497 e. The molecule has 2 rings (SSSR count). The molecule has 0 saturated carbocycles. The topological polar surface area (TPSA) is 38.7 Å². The van der Waals surface area contributed by atoms with Gasteiger partial charge in [-0.15, -0.1) is 0 Å². The summed E-state index contributed by atoms with van der Waals surface area (Å²) in [5.74, 6) is 1.36.